The highest BCUT2D eigenvalue weighted by Gasteiger charge is 2.06. The second kappa shape index (κ2) is 4.00. The SMILES string of the molecule is COc1cc(Cl)c(/C=N/O)cc1O. The van der Waals surface area contributed by atoms with E-state index in [1.54, 1.807) is 0 Å². The number of rotatable bonds is 2. The van der Waals surface area contributed by atoms with Crippen molar-refractivity contribution in [2.24, 2.45) is 5.16 Å². The smallest absolute Gasteiger partial charge is 0.162 e. The Bertz CT molecular complexity index is 338. The lowest BCUT2D eigenvalue weighted by Crippen LogP contribution is -1.88. The molecule has 5 heteroatoms. The topological polar surface area (TPSA) is 62.0 Å². The van der Waals surface area contributed by atoms with Crippen LogP contribution in [-0.4, -0.2) is 23.6 Å². The van der Waals surface area contributed by atoms with E-state index in [4.69, 9.17) is 21.5 Å². The van der Waals surface area contributed by atoms with Crippen molar-refractivity contribution in [2.45, 2.75) is 0 Å². The average Bonchev–Trinajstić information content (AvgIpc) is 2.11. The summed E-state index contributed by atoms with van der Waals surface area (Å²) in [6.07, 6.45) is 1.13. The number of hydrogen-bond acceptors (Lipinski definition) is 4. The molecule has 0 heterocycles. The van der Waals surface area contributed by atoms with Gasteiger partial charge in [0, 0.05) is 11.6 Å². The van der Waals surface area contributed by atoms with Crippen LogP contribution in [0.1, 0.15) is 5.56 Å². The predicted molar refractivity (Wildman–Crippen MR) is 49.0 cm³/mol. The molecule has 0 aliphatic rings. The Hall–Kier alpha value is -1.42. The van der Waals surface area contributed by atoms with Crippen molar-refractivity contribution in [3.8, 4) is 11.5 Å². The van der Waals surface area contributed by atoms with Gasteiger partial charge in [0.05, 0.1) is 18.3 Å². The van der Waals surface area contributed by atoms with Crippen molar-refractivity contribution in [3.05, 3.63) is 22.7 Å². The van der Waals surface area contributed by atoms with E-state index in [1.807, 2.05) is 0 Å². The van der Waals surface area contributed by atoms with Crippen molar-refractivity contribution in [2.75, 3.05) is 7.11 Å². The number of ether oxygens (including phenoxy) is 1. The van der Waals surface area contributed by atoms with Gasteiger partial charge in [-0.1, -0.05) is 16.8 Å². The van der Waals surface area contributed by atoms with Crippen LogP contribution < -0.4 is 4.74 Å². The van der Waals surface area contributed by atoms with Gasteiger partial charge in [0.15, 0.2) is 11.5 Å². The lowest BCUT2D eigenvalue weighted by atomic mass is 10.2. The molecule has 0 fully saturated rings. The number of methoxy groups -OCH3 is 1. The molecule has 70 valence electrons. The van der Waals surface area contributed by atoms with Crippen LogP contribution in [0.3, 0.4) is 0 Å². The molecular weight excluding hydrogens is 194 g/mol. The van der Waals surface area contributed by atoms with E-state index in [-0.39, 0.29) is 11.5 Å². The zero-order valence-corrected chi connectivity index (χ0v) is 7.62. The van der Waals surface area contributed by atoms with Gasteiger partial charge in [-0.2, -0.15) is 0 Å². The van der Waals surface area contributed by atoms with Crippen molar-refractivity contribution in [1.29, 1.82) is 0 Å². The van der Waals surface area contributed by atoms with E-state index >= 15 is 0 Å². The molecule has 2 N–H and O–H groups in total. The first-order valence-corrected chi connectivity index (χ1v) is 3.80. The van der Waals surface area contributed by atoms with Crippen LogP contribution in [0.25, 0.3) is 0 Å². The highest BCUT2D eigenvalue weighted by molar-refractivity contribution is 6.33. The van der Waals surface area contributed by atoms with Crippen LogP contribution >= 0.6 is 11.6 Å². The van der Waals surface area contributed by atoms with Gasteiger partial charge in [-0.05, 0) is 6.07 Å². The number of halogens is 1. The molecule has 1 aromatic rings. The zero-order valence-electron chi connectivity index (χ0n) is 6.86. The van der Waals surface area contributed by atoms with Crippen LogP contribution in [-0.2, 0) is 0 Å². The van der Waals surface area contributed by atoms with Gasteiger partial charge < -0.3 is 15.1 Å². The minimum atomic E-state index is -0.0539. The summed E-state index contributed by atoms with van der Waals surface area (Å²) in [6.45, 7) is 0. The second-order valence-electron chi connectivity index (χ2n) is 2.29. The summed E-state index contributed by atoms with van der Waals surface area (Å²) >= 11 is 5.77. The van der Waals surface area contributed by atoms with E-state index in [2.05, 4.69) is 5.16 Å². The maximum absolute atomic E-state index is 9.32. The highest BCUT2D eigenvalue weighted by atomic mass is 35.5. The summed E-state index contributed by atoms with van der Waals surface area (Å²) in [6, 6.07) is 2.79. The van der Waals surface area contributed by atoms with Crippen molar-refractivity contribution in [1.82, 2.24) is 0 Å². The van der Waals surface area contributed by atoms with E-state index in [0.29, 0.717) is 10.6 Å². The fourth-order valence-electron chi connectivity index (χ4n) is 0.884. The molecule has 0 bridgehead atoms. The molecule has 0 aromatic heterocycles. The van der Waals surface area contributed by atoms with Gasteiger partial charge in [0.1, 0.15) is 0 Å². The van der Waals surface area contributed by atoms with Gasteiger partial charge in [-0.15, -0.1) is 0 Å². The number of hydrogen-bond donors (Lipinski definition) is 2. The third-order valence-electron chi connectivity index (χ3n) is 1.49. The normalized spacial score (nSPS) is 10.6. The second-order valence-corrected chi connectivity index (χ2v) is 2.70. The number of phenols is 1. The van der Waals surface area contributed by atoms with E-state index in [9.17, 15) is 5.11 Å². The number of benzene rings is 1. The molecule has 0 saturated carbocycles. The molecule has 1 rings (SSSR count). The molecule has 4 nitrogen and oxygen atoms in total. The van der Waals surface area contributed by atoms with Gasteiger partial charge in [0.25, 0.3) is 0 Å². The lowest BCUT2D eigenvalue weighted by Gasteiger charge is -2.04. The summed E-state index contributed by atoms with van der Waals surface area (Å²) in [5.74, 6) is 0.224. The molecular formula is C8H8ClNO3. The third-order valence-corrected chi connectivity index (χ3v) is 1.82. The summed E-state index contributed by atoms with van der Waals surface area (Å²) in [7, 11) is 1.42. The van der Waals surface area contributed by atoms with Crippen LogP contribution in [0.15, 0.2) is 17.3 Å². The standard InChI is InChI=1S/C8H8ClNO3/c1-13-8-3-6(9)5(4-10-12)2-7(8)11/h2-4,11-12H,1H3/b10-4+. The molecule has 0 unspecified atom stereocenters. The Labute approximate surface area is 80.0 Å². The Morgan fingerprint density at radius 1 is 1.54 bits per heavy atom. The fraction of sp³-hybridized carbons (Fsp3) is 0.125. The zero-order chi connectivity index (χ0) is 9.84. The first kappa shape index (κ1) is 9.67. The number of phenolic OH excluding ortho intramolecular Hbond substituents is 1. The van der Waals surface area contributed by atoms with E-state index in [0.717, 1.165) is 6.21 Å². The summed E-state index contributed by atoms with van der Waals surface area (Å²) < 4.78 is 4.82. The fourth-order valence-corrected chi connectivity index (χ4v) is 1.09. The van der Waals surface area contributed by atoms with Crippen LogP contribution in [0.2, 0.25) is 5.02 Å². The van der Waals surface area contributed by atoms with Gasteiger partial charge in [-0.3, -0.25) is 0 Å². The summed E-state index contributed by atoms with van der Waals surface area (Å²) in [5, 5.41) is 20.7. The van der Waals surface area contributed by atoms with Crippen LogP contribution in [0.4, 0.5) is 0 Å². The molecule has 0 amide bonds. The number of aromatic hydroxyl groups is 1. The van der Waals surface area contributed by atoms with Crippen LogP contribution in [0.5, 0.6) is 11.5 Å². The molecule has 0 saturated heterocycles. The lowest BCUT2D eigenvalue weighted by molar-refractivity contribution is 0.322. The third kappa shape index (κ3) is 2.03. The quantitative estimate of drug-likeness (QED) is 0.436. The molecule has 0 spiro atoms. The first-order chi connectivity index (χ1) is 6.19. The maximum atomic E-state index is 9.32. The number of nitrogens with zero attached hydrogens (tertiary/aromatic N) is 1. The molecule has 13 heavy (non-hydrogen) atoms. The van der Waals surface area contributed by atoms with Gasteiger partial charge in [-0.25, -0.2) is 0 Å². The van der Waals surface area contributed by atoms with E-state index < -0.39 is 0 Å². The first-order valence-electron chi connectivity index (χ1n) is 3.43. The predicted octanol–water partition coefficient (Wildman–Crippen LogP) is 1.86. The van der Waals surface area contributed by atoms with Gasteiger partial charge in [0.2, 0.25) is 0 Å². The average molecular weight is 202 g/mol. The highest BCUT2D eigenvalue weighted by Crippen LogP contribution is 2.31. The Balaban J connectivity index is 3.20. The van der Waals surface area contributed by atoms with Crippen molar-refractivity contribution in [3.63, 3.8) is 0 Å². The summed E-state index contributed by atoms with van der Waals surface area (Å²) in [4.78, 5) is 0. The van der Waals surface area contributed by atoms with Crippen molar-refractivity contribution >= 4 is 17.8 Å². The molecule has 1 aromatic carbocycles. The maximum Gasteiger partial charge on any atom is 0.162 e. The molecule has 0 radical (unpaired) electrons. The van der Waals surface area contributed by atoms with Gasteiger partial charge >= 0.3 is 0 Å². The Kier molecular flexibility index (Phi) is 2.97. The Morgan fingerprint density at radius 2 is 2.23 bits per heavy atom. The minimum Gasteiger partial charge on any atom is -0.504 e. The minimum absolute atomic E-state index is 0.0539. The number of oxime groups is 1. The molecule has 0 aliphatic heterocycles. The van der Waals surface area contributed by atoms with Crippen LogP contribution in [0, 0.1) is 0 Å². The van der Waals surface area contributed by atoms with Crippen molar-refractivity contribution < 1.29 is 15.1 Å². The summed E-state index contributed by atoms with van der Waals surface area (Å²) in [5.41, 5.74) is 0.419. The Morgan fingerprint density at radius 3 is 2.77 bits per heavy atom. The largest absolute Gasteiger partial charge is 0.504 e. The monoisotopic (exact) mass is 201 g/mol. The molecule has 0 aliphatic carbocycles. The van der Waals surface area contributed by atoms with E-state index in [1.165, 1.54) is 19.2 Å². The molecule has 0 atom stereocenters.